The summed E-state index contributed by atoms with van der Waals surface area (Å²) in [5, 5.41) is 12.4. The van der Waals surface area contributed by atoms with Crippen LogP contribution in [0.5, 0.6) is 0 Å². The fraction of sp³-hybridized carbons (Fsp3) is 0.971. The smallest absolute Gasteiger partial charge is 0.726 e. The Bertz CT molecular complexity index is 1040. The maximum Gasteiger partial charge on any atom is 1.00 e. The molecule has 2 saturated carbocycles. The van der Waals surface area contributed by atoms with Crippen LogP contribution >= 0.6 is 23.5 Å². The summed E-state index contributed by atoms with van der Waals surface area (Å²) < 4.78 is 42.5. The first-order valence-electron chi connectivity index (χ1n) is 17.0. The quantitative estimate of drug-likeness (QED) is 0.0680. The van der Waals surface area contributed by atoms with Crippen molar-refractivity contribution in [2.75, 3.05) is 6.61 Å². The van der Waals surface area contributed by atoms with Crippen LogP contribution in [0.25, 0.3) is 0 Å². The zero-order valence-corrected chi connectivity index (χ0v) is 35.9. The predicted octanol–water partition coefficient (Wildman–Crippen LogP) is 5.70. The van der Waals surface area contributed by atoms with Crippen LogP contribution in [-0.4, -0.2) is 57.4 Å². The van der Waals surface area contributed by atoms with Gasteiger partial charge in [-0.1, -0.05) is 76.2 Å². The molecular formula is C35H65NaO7S3. The molecule has 0 heterocycles. The number of hydrogen-bond donors (Lipinski definition) is 1. The minimum Gasteiger partial charge on any atom is -0.726 e. The van der Waals surface area contributed by atoms with Crippen molar-refractivity contribution in [1.82, 2.24) is 0 Å². The monoisotopic (exact) mass is 716 g/mol. The summed E-state index contributed by atoms with van der Waals surface area (Å²) in [4.78, 5) is 13.0. The first-order valence-corrected chi connectivity index (χ1v) is 20.1. The van der Waals surface area contributed by atoms with E-state index in [1.807, 2.05) is 0 Å². The number of carbonyl (C=O) groups is 1. The fourth-order valence-electron chi connectivity index (χ4n) is 7.64. The molecule has 0 radical (unpaired) electrons. The largest absolute Gasteiger partial charge is 1.00 e. The Morgan fingerprint density at radius 3 is 1.65 bits per heavy atom. The van der Waals surface area contributed by atoms with Gasteiger partial charge >= 0.3 is 35.5 Å². The number of carbonyl (C=O) groups excluding carboxylic acids is 1. The summed E-state index contributed by atoms with van der Waals surface area (Å²) in [5.74, 6) is 1.05. The summed E-state index contributed by atoms with van der Waals surface area (Å²) in [6.45, 7) is 29.3. The van der Waals surface area contributed by atoms with E-state index in [1.165, 1.54) is 0 Å². The van der Waals surface area contributed by atoms with Crippen LogP contribution in [0.3, 0.4) is 0 Å². The Morgan fingerprint density at radius 1 is 0.804 bits per heavy atom. The van der Waals surface area contributed by atoms with Crippen molar-refractivity contribution in [3.8, 4) is 0 Å². The van der Waals surface area contributed by atoms with Gasteiger partial charge in [-0.2, -0.15) is 0 Å². The third-order valence-electron chi connectivity index (χ3n) is 10.1. The van der Waals surface area contributed by atoms with Gasteiger partial charge in [0.2, 0.25) is 10.4 Å². The molecule has 0 aliphatic heterocycles. The number of ether oxygens (including phenoxy) is 1. The van der Waals surface area contributed by atoms with Gasteiger partial charge in [0, 0.05) is 22.8 Å². The van der Waals surface area contributed by atoms with Crippen molar-refractivity contribution < 1.29 is 61.3 Å². The molecule has 6 atom stereocenters. The van der Waals surface area contributed by atoms with Gasteiger partial charge in [-0.15, -0.1) is 23.5 Å². The van der Waals surface area contributed by atoms with Crippen LogP contribution in [0.4, 0.5) is 0 Å². The Kier molecular flexibility index (Phi) is 17.1. The number of hydrogen-bond acceptors (Lipinski definition) is 9. The molecule has 0 spiro atoms. The van der Waals surface area contributed by atoms with Crippen molar-refractivity contribution in [3.05, 3.63) is 0 Å². The van der Waals surface area contributed by atoms with Gasteiger partial charge < -0.3 is 14.4 Å². The molecule has 2 aliphatic carbocycles. The third-order valence-corrected chi connectivity index (χ3v) is 13.7. The number of esters is 1. The van der Waals surface area contributed by atoms with Gasteiger partial charge in [0.1, 0.15) is 6.10 Å². The second-order valence-corrected chi connectivity index (χ2v) is 22.9. The molecule has 0 aromatic rings. The van der Waals surface area contributed by atoms with E-state index in [0.717, 1.165) is 25.7 Å². The SMILES string of the molecule is CC(C)C1CC(SC(C)(C)SC2CC(C(C)(C)C)C(O)C(C(C)(C)C)C2)CC(C(C)(C)C)C1OC(=O)CCCCOS(=O)(=O)[O-].[Na+]. The summed E-state index contributed by atoms with van der Waals surface area (Å²) >= 11 is 4.19. The van der Waals surface area contributed by atoms with Gasteiger partial charge in [0.05, 0.1) is 16.8 Å². The van der Waals surface area contributed by atoms with E-state index in [1.54, 1.807) is 0 Å². The van der Waals surface area contributed by atoms with Gasteiger partial charge in [0.15, 0.2) is 0 Å². The van der Waals surface area contributed by atoms with Crippen molar-refractivity contribution in [3.63, 3.8) is 0 Å². The van der Waals surface area contributed by atoms with Crippen molar-refractivity contribution >= 4 is 39.9 Å². The molecule has 2 fully saturated rings. The Hall–Kier alpha value is 1.000. The minimum atomic E-state index is -4.71. The van der Waals surface area contributed by atoms with E-state index in [0.29, 0.717) is 29.3 Å². The zero-order chi connectivity index (χ0) is 34.8. The fourth-order valence-corrected chi connectivity index (χ4v) is 11.8. The molecule has 0 saturated heterocycles. The summed E-state index contributed by atoms with van der Waals surface area (Å²) in [6.07, 6.45) is 4.46. The van der Waals surface area contributed by atoms with E-state index < -0.39 is 10.4 Å². The number of unbranched alkanes of at least 4 members (excludes halogenated alkanes) is 1. The average Bonchev–Trinajstić information content (AvgIpc) is 2.82. The molecule has 2 aliphatic rings. The molecule has 2 rings (SSSR count). The first kappa shape index (κ1) is 45.0. The number of thioether (sulfide) groups is 2. The van der Waals surface area contributed by atoms with E-state index in [-0.39, 0.29) is 105 Å². The standard InChI is InChI=1S/C35H66O7S3.Na/c1-22(2)25-18-23(21-28(34(9,10)11)31(25)42-29(36)16-14-15-17-41-45(38,39)40)43-35(12,13)44-24-19-26(32(3,4)5)30(37)27(20-24)33(6,7)8;/h22-28,30-31,37H,14-21H2,1-13H3,(H,38,39,40);/q;+1/p-1. The van der Waals surface area contributed by atoms with Gasteiger partial charge in [-0.05, 0) is 92.3 Å². The molecule has 266 valence electrons. The van der Waals surface area contributed by atoms with Crippen molar-refractivity contribution in [2.24, 2.45) is 45.8 Å². The van der Waals surface area contributed by atoms with Crippen LogP contribution in [0.2, 0.25) is 0 Å². The Morgan fingerprint density at radius 2 is 1.24 bits per heavy atom. The van der Waals surface area contributed by atoms with Crippen LogP contribution in [0.1, 0.15) is 135 Å². The van der Waals surface area contributed by atoms with Crippen LogP contribution in [0, 0.1) is 45.8 Å². The van der Waals surface area contributed by atoms with E-state index in [2.05, 4.69) is 118 Å². The molecule has 46 heavy (non-hydrogen) atoms. The third kappa shape index (κ3) is 14.3. The molecule has 0 amide bonds. The molecule has 1 N–H and O–H groups in total. The van der Waals surface area contributed by atoms with Crippen molar-refractivity contribution in [1.29, 1.82) is 0 Å². The van der Waals surface area contributed by atoms with Crippen molar-refractivity contribution in [2.45, 2.75) is 162 Å². The van der Waals surface area contributed by atoms with Crippen LogP contribution < -0.4 is 29.6 Å². The molecular weight excluding hydrogens is 652 g/mol. The molecule has 11 heteroatoms. The van der Waals surface area contributed by atoms with Gasteiger partial charge in [-0.25, -0.2) is 8.42 Å². The number of rotatable bonds is 12. The van der Waals surface area contributed by atoms with Crippen LogP contribution in [0.15, 0.2) is 0 Å². The Labute approximate surface area is 313 Å². The van der Waals surface area contributed by atoms with E-state index in [4.69, 9.17) is 4.74 Å². The molecule has 6 unspecified atom stereocenters. The van der Waals surface area contributed by atoms with E-state index >= 15 is 0 Å². The summed E-state index contributed by atoms with van der Waals surface area (Å²) in [6, 6.07) is 0. The second-order valence-electron chi connectivity index (χ2n) is 17.8. The predicted molar refractivity (Wildman–Crippen MR) is 188 cm³/mol. The average molecular weight is 717 g/mol. The zero-order valence-electron chi connectivity index (χ0n) is 31.5. The van der Waals surface area contributed by atoms with E-state index in [9.17, 15) is 22.9 Å². The first-order chi connectivity index (χ1) is 20.2. The molecule has 7 nitrogen and oxygen atoms in total. The maximum absolute atomic E-state index is 13.0. The molecule has 0 aromatic carbocycles. The molecule has 0 aromatic heterocycles. The van der Waals surface area contributed by atoms with Gasteiger partial charge in [0.25, 0.3) is 0 Å². The summed E-state index contributed by atoms with van der Waals surface area (Å²) in [5.41, 5.74) is 0.0420. The minimum absolute atomic E-state index is 0. The van der Waals surface area contributed by atoms with Crippen LogP contribution in [-0.2, 0) is 24.1 Å². The summed E-state index contributed by atoms with van der Waals surface area (Å²) in [7, 11) is -4.71. The number of aliphatic hydroxyl groups excluding tert-OH is 1. The normalized spacial score (nSPS) is 30.2. The maximum atomic E-state index is 13.0. The topological polar surface area (TPSA) is 113 Å². The van der Waals surface area contributed by atoms with Gasteiger partial charge in [-0.3, -0.25) is 8.98 Å². The number of aliphatic hydroxyl groups is 1. The Balaban J connectivity index is 0.0000106. The molecule has 0 bridgehead atoms. The second kappa shape index (κ2) is 17.5.